The molecule has 0 aliphatic heterocycles. The van der Waals surface area contributed by atoms with Crippen molar-refractivity contribution in [3.05, 3.63) is 101 Å². The number of carboxylic acid groups (broad SMARTS) is 1. The third-order valence-electron chi connectivity index (χ3n) is 5.21. The lowest BCUT2D eigenvalue weighted by Gasteiger charge is -2.12. The van der Waals surface area contributed by atoms with Crippen molar-refractivity contribution in [3.8, 4) is 5.75 Å². The van der Waals surface area contributed by atoms with E-state index in [1.807, 2.05) is 36.4 Å². The number of aryl methyl sites for hydroxylation is 1. The summed E-state index contributed by atoms with van der Waals surface area (Å²) < 4.78 is 43.8. The molecule has 0 spiro atoms. The Morgan fingerprint density at radius 3 is 2.30 bits per heavy atom. The van der Waals surface area contributed by atoms with Gasteiger partial charge in [-0.3, -0.25) is 9.59 Å². The number of carbonyl (C=O) groups excluding carboxylic acids is 1. The van der Waals surface area contributed by atoms with Gasteiger partial charge in [0.25, 0.3) is 5.91 Å². The predicted molar refractivity (Wildman–Crippen MR) is 130 cm³/mol. The van der Waals surface area contributed by atoms with E-state index in [2.05, 4.69) is 10.5 Å². The van der Waals surface area contributed by atoms with E-state index in [4.69, 9.17) is 14.7 Å². The van der Waals surface area contributed by atoms with Gasteiger partial charge in [0.1, 0.15) is 18.9 Å². The fourth-order valence-electron chi connectivity index (χ4n) is 3.31. The van der Waals surface area contributed by atoms with Gasteiger partial charge in [-0.05, 0) is 53.9 Å². The van der Waals surface area contributed by atoms with Gasteiger partial charge in [0.15, 0.2) is 6.61 Å². The molecule has 0 aromatic heterocycles. The number of halogens is 3. The molecule has 0 aliphatic carbocycles. The summed E-state index contributed by atoms with van der Waals surface area (Å²) >= 11 is 0. The minimum absolute atomic E-state index is 0.0118. The van der Waals surface area contributed by atoms with Crippen molar-refractivity contribution >= 4 is 17.6 Å². The molecule has 0 atom stereocenters. The maximum Gasteiger partial charge on any atom is 0.416 e. The maximum absolute atomic E-state index is 12.8. The molecule has 0 unspecified atom stereocenters. The molecule has 3 aromatic carbocycles. The second-order valence-corrected chi connectivity index (χ2v) is 8.11. The first kappa shape index (κ1) is 27.3. The van der Waals surface area contributed by atoms with E-state index >= 15 is 0 Å². The molecular formula is C27H25F3N2O5. The zero-order chi connectivity index (χ0) is 26.8. The molecule has 0 saturated heterocycles. The second-order valence-electron chi connectivity index (χ2n) is 8.11. The zero-order valence-electron chi connectivity index (χ0n) is 19.9. The first-order valence-corrected chi connectivity index (χ1v) is 11.2. The number of benzene rings is 3. The van der Waals surface area contributed by atoms with Crippen molar-refractivity contribution in [2.24, 2.45) is 5.16 Å². The molecule has 0 saturated carbocycles. The number of ether oxygens (including phenoxy) is 1. The van der Waals surface area contributed by atoms with Crippen molar-refractivity contribution in [1.82, 2.24) is 5.32 Å². The molecule has 0 fully saturated rings. The largest absolute Gasteiger partial charge is 0.484 e. The minimum Gasteiger partial charge on any atom is -0.484 e. The number of rotatable bonds is 11. The topological polar surface area (TPSA) is 97.2 Å². The Labute approximate surface area is 211 Å². The van der Waals surface area contributed by atoms with Crippen LogP contribution in [0.5, 0.6) is 5.75 Å². The van der Waals surface area contributed by atoms with Crippen molar-refractivity contribution in [1.29, 1.82) is 0 Å². The smallest absolute Gasteiger partial charge is 0.416 e. The monoisotopic (exact) mass is 514 g/mol. The first-order chi connectivity index (χ1) is 17.6. The van der Waals surface area contributed by atoms with Crippen LogP contribution in [0, 0.1) is 6.92 Å². The highest BCUT2D eigenvalue weighted by atomic mass is 19.4. The van der Waals surface area contributed by atoms with Crippen LogP contribution in [-0.4, -0.2) is 35.8 Å². The highest BCUT2D eigenvalue weighted by Gasteiger charge is 2.29. The molecule has 0 radical (unpaired) electrons. The number of carboxylic acids is 1. The number of nitrogens with zero attached hydrogens (tertiary/aromatic N) is 1. The average Bonchev–Trinajstić information content (AvgIpc) is 2.86. The van der Waals surface area contributed by atoms with Gasteiger partial charge in [-0.2, -0.15) is 13.2 Å². The van der Waals surface area contributed by atoms with Crippen LogP contribution in [0.3, 0.4) is 0 Å². The Balaban J connectivity index is 1.73. The predicted octanol–water partition coefficient (Wildman–Crippen LogP) is 4.76. The quantitative estimate of drug-likeness (QED) is 0.284. The Morgan fingerprint density at radius 2 is 1.68 bits per heavy atom. The third kappa shape index (κ3) is 8.68. The number of aliphatic carboxylic acids is 1. The van der Waals surface area contributed by atoms with Gasteiger partial charge in [0.2, 0.25) is 0 Å². The van der Waals surface area contributed by atoms with E-state index in [0.717, 1.165) is 23.3 Å². The van der Waals surface area contributed by atoms with Crippen LogP contribution in [0.15, 0.2) is 78.0 Å². The van der Waals surface area contributed by atoms with E-state index in [1.165, 1.54) is 12.1 Å². The number of oxime groups is 1. The van der Waals surface area contributed by atoms with Gasteiger partial charge in [-0.15, -0.1) is 0 Å². The molecular weight excluding hydrogens is 489 g/mol. The molecule has 10 heteroatoms. The third-order valence-corrected chi connectivity index (χ3v) is 5.21. The maximum atomic E-state index is 12.8. The summed E-state index contributed by atoms with van der Waals surface area (Å²) in [5, 5.41) is 15.1. The Hall–Kier alpha value is -4.34. The van der Waals surface area contributed by atoms with Crippen LogP contribution in [-0.2, 0) is 33.6 Å². The number of amides is 1. The lowest BCUT2D eigenvalue weighted by molar-refractivity contribution is -0.138. The Bertz CT molecular complexity index is 1240. The van der Waals surface area contributed by atoms with E-state index in [0.29, 0.717) is 29.0 Å². The minimum atomic E-state index is -4.41. The highest BCUT2D eigenvalue weighted by Crippen LogP contribution is 2.29. The fraction of sp³-hybridized carbons (Fsp3) is 0.222. The molecule has 194 valence electrons. The molecule has 2 N–H and O–H groups in total. The summed E-state index contributed by atoms with van der Waals surface area (Å²) in [7, 11) is 0. The van der Waals surface area contributed by atoms with Crippen LogP contribution < -0.4 is 10.1 Å². The van der Waals surface area contributed by atoms with Crippen LogP contribution in [0.25, 0.3) is 0 Å². The molecule has 1 amide bonds. The average molecular weight is 515 g/mol. The van der Waals surface area contributed by atoms with Gasteiger partial charge in [0.05, 0.1) is 11.3 Å². The second kappa shape index (κ2) is 12.6. The van der Waals surface area contributed by atoms with Gasteiger partial charge in [0, 0.05) is 12.0 Å². The summed E-state index contributed by atoms with van der Waals surface area (Å²) in [6.07, 6.45) is -3.97. The van der Waals surface area contributed by atoms with Crippen LogP contribution in [0.2, 0.25) is 0 Å². The van der Waals surface area contributed by atoms with Crippen LogP contribution in [0.1, 0.15) is 27.8 Å². The van der Waals surface area contributed by atoms with Crippen molar-refractivity contribution in [2.75, 3.05) is 13.2 Å². The lowest BCUT2D eigenvalue weighted by Crippen LogP contribution is -2.33. The summed E-state index contributed by atoms with van der Waals surface area (Å²) in [5.74, 6) is -1.27. The van der Waals surface area contributed by atoms with Crippen molar-refractivity contribution in [2.45, 2.75) is 26.1 Å². The van der Waals surface area contributed by atoms with Gasteiger partial charge >= 0.3 is 12.1 Å². The van der Waals surface area contributed by atoms with Crippen molar-refractivity contribution < 1.29 is 37.4 Å². The molecule has 3 aromatic rings. The SMILES string of the molecule is Cc1cc(/C(Cc2ccccc2)=N/OCc2ccc(C(F)(F)F)cc2)ccc1OCC(=O)NCC(=O)O. The Morgan fingerprint density at radius 1 is 0.973 bits per heavy atom. The number of hydrogen-bond donors (Lipinski definition) is 2. The lowest BCUT2D eigenvalue weighted by atomic mass is 10.0. The molecule has 0 heterocycles. The molecule has 0 aliphatic rings. The molecule has 37 heavy (non-hydrogen) atoms. The number of alkyl halides is 3. The molecule has 7 nitrogen and oxygen atoms in total. The summed E-state index contributed by atoms with van der Waals surface area (Å²) in [4.78, 5) is 27.8. The summed E-state index contributed by atoms with van der Waals surface area (Å²) in [5.41, 5.74) is 2.82. The van der Waals surface area contributed by atoms with E-state index in [-0.39, 0.29) is 13.2 Å². The fourth-order valence-corrected chi connectivity index (χ4v) is 3.31. The summed E-state index contributed by atoms with van der Waals surface area (Å²) in [6, 6.07) is 19.5. The normalized spacial score (nSPS) is 11.6. The van der Waals surface area contributed by atoms with Gasteiger partial charge in [-0.1, -0.05) is 47.6 Å². The van der Waals surface area contributed by atoms with Gasteiger partial charge < -0.3 is 20.0 Å². The van der Waals surface area contributed by atoms with E-state index < -0.39 is 30.2 Å². The number of hydrogen-bond acceptors (Lipinski definition) is 5. The zero-order valence-corrected chi connectivity index (χ0v) is 19.9. The Kier molecular flexibility index (Phi) is 9.26. The number of carbonyl (C=O) groups is 2. The van der Waals surface area contributed by atoms with E-state index in [9.17, 15) is 22.8 Å². The van der Waals surface area contributed by atoms with Crippen LogP contribution in [0.4, 0.5) is 13.2 Å². The molecule has 3 rings (SSSR count). The number of nitrogens with one attached hydrogen (secondary N) is 1. The highest BCUT2D eigenvalue weighted by molar-refractivity contribution is 6.01. The summed E-state index contributed by atoms with van der Waals surface area (Å²) in [6.45, 7) is 0.944. The van der Waals surface area contributed by atoms with Crippen molar-refractivity contribution in [3.63, 3.8) is 0 Å². The molecule has 0 bridgehead atoms. The van der Waals surface area contributed by atoms with E-state index in [1.54, 1.807) is 19.1 Å². The van der Waals surface area contributed by atoms with Crippen LogP contribution >= 0.6 is 0 Å². The first-order valence-electron chi connectivity index (χ1n) is 11.2. The van der Waals surface area contributed by atoms with Gasteiger partial charge in [-0.25, -0.2) is 0 Å². The standard InChI is InChI=1S/C27H25F3N2O5/c1-18-13-21(9-12-24(18)36-17-25(33)31-15-26(34)35)23(14-19-5-3-2-4-6-19)32-37-16-20-7-10-22(11-8-20)27(28,29)30/h2-13H,14-17H2,1H3,(H,31,33)(H,34,35)/b32-23+.